The van der Waals surface area contributed by atoms with Crippen LogP contribution in [0.4, 0.5) is 0 Å². The van der Waals surface area contributed by atoms with Crippen molar-refractivity contribution >= 4 is 22.8 Å². The Kier molecular flexibility index (Phi) is 4.09. The average molecular weight is 317 g/mol. The maximum atomic E-state index is 12.6. The predicted molar refractivity (Wildman–Crippen MR) is 83.6 cm³/mol. The Morgan fingerprint density at radius 2 is 2.00 bits per heavy atom. The van der Waals surface area contributed by atoms with E-state index in [1.807, 2.05) is 26.0 Å². The van der Waals surface area contributed by atoms with Gasteiger partial charge in [-0.2, -0.15) is 0 Å². The number of hydrogen-bond acceptors (Lipinski definition) is 4. The summed E-state index contributed by atoms with van der Waals surface area (Å²) in [5.74, 6) is -0.879. The molecule has 23 heavy (non-hydrogen) atoms. The topological polar surface area (TPSA) is 80.0 Å². The van der Waals surface area contributed by atoms with Gasteiger partial charge in [-0.05, 0) is 43.2 Å². The molecular weight excluding hydrogens is 298 g/mol. The van der Waals surface area contributed by atoms with Crippen molar-refractivity contribution in [2.75, 3.05) is 19.7 Å². The van der Waals surface area contributed by atoms with Gasteiger partial charge in [-0.15, -0.1) is 0 Å². The zero-order valence-electron chi connectivity index (χ0n) is 13.2. The van der Waals surface area contributed by atoms with Gasteiger partial charge in [0, 0.05) is 18.5 Å². The van der Waals surface area contributed by atoms with Crippen LogP contribution in [0.15, 0.2) is 22.6 Å². The third kappa shape index (κ3) is 3.22. The summed E-state index contributed by atoms with van der Waals surface area (Å²) in [5, 5.41) is 9.75. The fraction of sp³-hybridized carbons (Fsp3) is 0.412. The summed E-state index contributed by atoms with van der Waals surface area (Å²) in [6, 6.07) is 5.66. The molecule has 0 saturated carbocycles. The van der Waals surface area contributed by atoms with Gasteiger partial charge in [-0.3, -0.25) is 9.59 Å². The number of carboxylic acids is 1. The van der Waals surface area contributed by atoms with Crippen molar-refractivity contribution in [2.45, 2.75) is 26.4 Å². The van der Waals surface area contributed by atoms with Gasteiger partial charge in [-0.1, -0.05) is 0 Å². The Bertz CT molecular complexity index is 725. The van der Waals surface area contributed by atoms with Crippen LogP contribution < -0.4 is 0 Å². The van der Waals surface area contributed by atoms with E-state index in [1.165, 1.54) is 0 Å². The normalized spacial score (nSPS) is 18.3. The van der Waals surface area contributed by atoms with Crippen molar-refractivity contribution in [2.24, 2.45) is 0 Å². The van der Waals surface area contributed by atoms with Gasteiger partial charge in [0.25, 0.3) is 5.91 Å². The summed E-state index contributed by atoms with van der Waals surface area (Å²) in [6.07, 6.45) is -0.582. The molecule has 122 valence electrons. The molecular formula is C17H19NO5. The Morgan fingerprint density at radius 1 is 1.26 bits per heavy atom. The minimum Gasteiger partial charge on any atom is -0.481 e. The number of amides is 1. The van der Waals surface area contributed by atoms with Crippen molar-refractivity contribution < 1.29 is 23.8 Å². The van der Waals surface area contributed by atoms with E-state index in [9.17, 15) is 9.59 Å². The standard InChI is InChI=1S/C17H19NO5/c1-10-5-12-7-15(23-14(12)6-11(10)2)17(21)18-3-4-22-13(9-18)8-16(19)20/h5-7,13H,3-4,8-9H2,1-2H3,(H,19,20)/t13-/m0/s1. The Balaban J connectivity index is 1.81. The van der Waals surface area contributed by atoms with Crippen molar-refractivity contribution in [3.8, 4) is 0 Å². The number of carbonyl (C=O) groups is 2. The first-order valence-corrected chi connectivity index (χ1v) is 7.57. The fourth-order valence-electron chi connectivity index (χ4n) is 2.79. The lowest BCUT2D eigenvalue weighted by Crippen LogP contribution is -2.46. The minimum atomic E-state index is -0.931. The highest BCUT2D eigenvalue weighted by atomic mass is 16.5. The highest BCUT2D eigenvalue weighted by Crippen LogP contribution is 2.24. The molecule has 1 aliphatic rings. The number of carbonyl (C=O) groups excluding carboxylic acids is 1. The van der Waals surface area contributed by atoms with Gasteiger partial charge in [0.1, 0.15) is 5.58 Å². The highest BCUT2D eigenvalue weighted by molar-refractivity contribution is 5.96. The van der Waals surface area contributed by atoms with Gasteiger partial charge >= 0.3 is 5.97 Å². The quantitative estimate of drug-likeness (QED) is 0.940. The Labute approximate surface area is 133 Å². The van der Waals surface area contributed by atoms with E-state index in [1.54, 1.807) is 11.0 Å². The Morgan fingerprint density at radius 3 is 2.74 bits per heavy atom. The second-order valence-corrected chi connectivity index (χ2v) is 5.93. The lowest BCUT2D eigenvalue weighted by atomic mass is 10.1. The van der Waals surface area contributed by atoms with Crippen LogP contribution in [-0.4, -0.2) is 47.7 Å². The number of furan rings is 1. The molecule has 1 aliphatic heterocycles. The predicted octanol–water partition coefficient (Wildman–Crippen LogP) is 2.37. The van der Waals surface area contributed by atoms with Crippen LogP contribution >= 0.6 is 0 Å². The highest BCUT2D eigenvalue weighted by Gasteiger charge is 2.28. The molecule has 0 unspecified atom stereocenters. The molecule has 6 nitrogen and oxygen atoms in total. The fourth-order valence-corrected chi connectivity index (χ4v) is 2.79. The molecule has 1 fully saturated rings. The van der Waals surface area contributed by atoms with Crippen LogP contribution in [0.5, 0.6) is 0 Å². The van der Waals surface area contributed by atoms with Crippen LogP contribution in [0.2, 0.25) is 0 Å². The minimum absolute atomic E-state index is 0.109. The molecule has 6 heteroatoms. The maximum absolute atomic E-state index is 12.6. The molecule has 1 saturated heterocycles. The van der Waals surface area contributed by atoms with Crippen molar-refractivity contribution in [1.29, 1.82) is 0 Å². The second-order valence-electron chi connectivity index (χ2n) is 5.93. The van der Waals surface area contributed by atoms with E-state index in [2.05, 4.69) is 0 Å². The van der Waals surface area contributed by atoms with Crippen LogP contribution in [0, 0.1) is 13.8 Å². The largest absolute Gasteiger partial charge is 0.481 e. The third-order valence-electron chi connectivity index (χ3n) is 4.17. The number of rotatable bonds is 3. The number of carboxylic acid groups (broad SMARTS) is 1. The number of morpholine rings is 1. The SMILES string of the molecule is Cc1cc2cc(C(=O)N3CCO[C@@H](CC(=O)O)C3)oc2cc1C. The monoisotopic (exact) mass is 317 g/mol. The molecule has 1 atom stereocenters. The molecule has 1 aromatic heterocycles. The summed E-state index contributed by atoms with van der Waals surface area (Å²) in [4.78, 5) is 25.0. The zero-order valence-corrected chi connectivity index (χ0v) is 13.2. The second kappa shape index (κ2) is 6.04. The van der Waals surface area contributed by atoms with Gasteiger partial charge in [0.2, 0.25) is 0 Å². The van der Waals surface area contributed by atoms with E-state index < -0.39 is 12.1 Å². The van der Waals surface area contributed by atoms with Crippen molar-refractivity contribution in [3.63, 3.8) is 0 Å². The molecule has 2 aromatic rings. The number of benzene rings is 1. The lowest BCUT2D eigenvalue weighted by molar-refractivity contribution is -0.141. The number of hydrogen-bond donors (Lipinski definition) is 1. The van der Waals surface area contributed by atoms with E-state index in [4.69, 9.17) is 14.3 Å². The van der Waals surface area contributed by atoms with Crippen LogP contribution in [-0.2, 0) is 9.53 Å². The van der Waals surface area contributed by atoms with Gasteiger partial charge in [0.15, 0.2) is 5.76 Å². The van der Waals surface area contributed by atoms with Crippen LogP contribution in [0.25, 0.3) is 11.0 Å². The molecule has 1 aromatic carbocycles. The molecule has 0 bridgehead atoms. The average Bonchev–Trinajstić information content (AvgIpc) is 2.89. The van der Waals surface area contributed by atoms with Crippen LogP contribution in [0.1, 0.15) is 28.1 Å². The molecule has 3 rings (SSSR count). The molecule has 0 spiro atoms. The van der Waals surface area contributed by atoms with Gasteiger partial charge in [-0.25, -0.2) is 0 Å². The molecule has 0 aliphatic carbocycles. The maximum Gasteiger partial charge on any atom is 0.306 e. The molecule has 1 amide bonds. The van der Waals surface area contributed by atoms with Crippen LogP contribution in [0.3, 0.4) is 0 Å². The Hall–Kier alpha value is -2.34. The smallest absolute Gasteiger partial charge is 0.306 e. The lowest BCUT2D eigenvalue weighted by Gasteiger charge is -2.31. The number of nitrogens with zero attached hydrogens (tertiary/aromatic N) is 1. The number of aryl methyl sites for hydroxylation is 2. The van der Waals surface area contributed by atoms with Gasteiger partial charge < -0.3 is 19.2 Å². The first-order valence-electron chi connectivity index (χ1n) is 7.57. The van der Waals surface area contributed by atoms with E-state index >= 15 is 0 Å². The van der Waals surface area contributed by atoms with E-state index in [-0.39, 0.29) is 24.6 Å². The first kappa shape index (κ1) is 15.6. The number of ether oxygens (including phenoxy) is 1. The van der Waals surface area contributed by atoms with E-state index in [0.29, 0.717) is 18.7 Å². The summed E-state index contributed by atoms with van der Waals surface area (Å²) in [6.45, 7) is 5.05. The summed E-state index contributed by atoms with van der Waals surface area (Å²) in [5.41, 5.74) is 2.94. The molecule has 0 radical (unpaired) electrons. The van der Waals surface area contributed by atoms with Crippen molar-refractivity contribution in [1.82, 2.24) is 4.90 Å². The van der Waals surface area contributed by atoms with Gasteiger partial charge in [0.05, 0.1) is 19.1 Å². The first-order chi connectivity index (χ1) is 10.9. The number of aliphatic carboxylic acids is 1. The molecule has 2 heterocycles. The third-order valence-corrected chi connectivity index (χ3v) is 4.17. The summed E-state index contributed by atoms with van der Waals surface area (Å²) < 4.78 is 11.1. The molecule has 1 N–H and O–H groups in total. The summed E-state index contributed by atoms with van der Waals surface area (Å²) >= 11 is 0. The number of fused-ring (bicyclic) bond motifs is 1. The summed E-state index contributed by atoms with van der Waals surface area (Å²) in [7, 11) is 0. The van der Waals surface area contributed by atoms with Crippen molar-refractivity contribution in [3.05, 3.63) is 35.1 Å². The zero-order chi connectivity index (χ0) is 16.6. The van der Waals surface area contributed by atoms with E-state index in [0.717, 1.165) is 16.5 Å².